The molecule has 3 heterocycles. The van der Waals surface area contributed by atoms with Crippen molar-refractivity contribution in [2.45, 2.75) is 50.1 Å². The quantitative estimate of drug-likeness (QED) is 0.143. The number of anilines is 1. The highest BCUT2D eigenvalue weighted by Crippen LogP contribution is 2.62. The monoisotopic (exact) mass is 674 g/mol. The van der Waals surface area contributed by atoms with Gasteiger partial charge in [0.25, 0.3) is 0 Å². The molecule has 7 rings (SSSR count). The molecule has 1 fully saturated rings. The normalized spacial score (nSPS) is 22.3. The minimum atomic E-state index is -1.36. The van der Waals surface area contributed by atoms with E-state index in [4.69, 9.17) is 4.74 Å². The number of Topliss-reactive ketones (excluding diaryl/α,β-unsaturated/α-hetero) is 2. The van der Waals surface area contributed by atoms with Crippen LogP contribution >= 0.6 is 15.9 Å². The molecule has 4 aromatic carbocycles. The van der Waals surface area contributed by atoms with Gasteiger partial charge in [0.05, 0.1) is 23.5 Å². The van der Waals surface area contributed by atoms with Crippen LogP contribution in [0.2, 0.25) is 0 Å². The Morgan fingerprint density at radius 2 is 1.65 bits per heavy atom. The van der Waals surface area contributed by atoms with E-state index in [0.717, 1.165) is 42.4 Å². The van der Waals surface area contributed by atoms with Crippen LogP contribution in [0, 0.1) is 5.92 Å². The summed E-state index contributed by atoms with van der Waals surface area (Å²) in [5, 5.41) is 3.11. The number of amides is 1. The van der Waals surface area contributed by atoms with Crippen molar-refractivity contribution in [3.63, 3.8) is 0 Å². The summed E-state index contributed by atoms with van der Waals surface area (Å²) in [6.07, 6.45) is 8.18. The van der Waals surface area contributed by atoms with Gasteiger partial charge in [0.15, 0.2) is 11.6 Å². The van der Waals surface area contributed by atoms with Crippen LogP contribution in [-0.2, 0) is 16.6 Å². The van der Waals surface area contributed by atoms with E-state index in [1.165, 1.54) is 5.56 Å². The zero-order valence-electron chi connectivity index (χ0n) is 25.8. The molecule has 0 radical (unpaired) electrons. The lowest BCUT2D eigenvalue weighted by Crippen LogP contribution is -2.49. The number of halogens is 1. The van der Waals surface area contributed by atoms with Crippen molar-refractivity contribution in [3.8, 4) is 5.75 Å². The van der Waals surface area contributed by atoms with Crippen LogP contribution in [0.25, 0.3) is 6.08 Å². The number of hydrogen-bond acceptors (Lipinski definition) is 5. The maximum absolute atomic E-state index is 15.1. The molecule has 232 valence electrons. The number of hydrogen-bond donors (Lipinski definition) is 1. The number of ketones is 2. The highest BCUT2D eigenvalue weighted by atomic mass is 79.9. The summed E-state index contributed by atoms with van der Waals surface area (Å²) < 4.78 is 6.06. The molecule has 4 aromatic rings. The number of fused-ring (bicyclic) bond motifs is 6. The first-order valence-electron chi connectivity index (χ1n) is 15.9. The van der Waals surface area contributed by atoms with Gasteiger partial charge in [-0.2, -0.15) is 0 Å². The second kappa shape index (κ2) is 12.0. The van der Waals surface area contributed by atoms with E-state index in [0.29, 0.717) is 27.0 Å². The Morgan fingerprint density at radius 3 is 2.41 bits per heavy atom. The van der Waals surface area contributed by atoms with Crippen molar-refractivity contribution >= 4 is 45.2 Å². The summed E-state index contributed by atoms with van der Waals surface area (Å²) in [4.78, 5) is 46.6. The third-order valence-electron chi connectivity index (χ3n) is 9.87. The van der Waals surface area contributed by atoms with E-state index in [2.05, 4.69) is 28.2 Å². The molecule has 0 aromatic heterocycles. The van der Waals surface area contributed by atoms with Crippen LogP contribution in [0.3, 0.4) is 0 Å². The summed E-state index contributed by atoms with van der Waals surface area (Å²) >= 11 is 3.54. The third kappa shape index (κ3) is 4.63. The largest absolute Gasteiger partial charge is 0.496 e. The fourth-order valence-electron chi connectivity index (χ4n) is 7.75. The molecule has 1 saturated heterocycles. The summed E-state index contributed by atoms with van der Waals surface area (Å²) in [7, 11) is 1.57. The second-order valence-corrected chi connectivity index (χ2v) is 13.2. The highest BCUT2D eigenvalue weighted by molar-refractivity contribution is 9.10. The van der Waals surface area contributed by atoms with Crippen LogP contribution < -0.4 is 10.1 Å². The van der Waals surface area contributed by atoms with E-state index in [1.807, 2.05) is 90.0 Å². The Bertz CT molecular complexity index is 1880. The van der Waals surface area contributed by atoms with Gasteiger partial charge >= 0.3 is 0 Å². The average molecular weight is 676 g/mol. The van der Waals surface area contributed by atoms with Crippen LogP contribution in [-0.4, -0.2) is 35.5 Å². The van der Waals surface area contributed by atoms with Crippen LogP contribution in [0.1, 0.15) is 75.2 Å². The van der Waals surface area contributed by atoms with Crippen molar-refractivity contribution < 1.29 is 19.1 Å². The molecule has 6 nitrogen and oxygen atoms in total. The third-order valence-corrected chi connectivity index (χ3v) is 10.5. The Labute approximate surface area is 277 Å². The smallest absolute Gasteiger partial charge is 0.238 e. The van der Waals surface area contributed by atoms with Crippen LogP contribution in [0.4, 0.5) is 5.69 Å². The standard InChI is InChI=1S/C39H35BrN2O4/c1-3-4-5-10-24-15-17-26(18-16-24)35(43)33-34(36(44)27-19-20-32(46-2)30(40)23-27)42-22-21-25-11-6-7-12-28(25)37(42)39(33)29-13-8-9-14-31(29)41-38(39)45/h6-9,11-23,33-34,37H,3-5,10H2,1-2H3,(H,41,45)/t33-,34+,37+,39+/m0/s1. The molecule has 7 heteroatoms. The molecule has 3 aliphatic heterocycles. The van der Waals surface area contributed by atoms with E-state index in [-0.39, 0.29) is 17.5 Å². The maximum atomic E-state index is 15.1. The highest BCUT2D eigenvalue weighted by Gasteiger charge is 2.70. The molecule has 0 bridgehead atoms. The first-order chi connectivity index (χ1) is 22.4. The Hall–Kier alpha value is -4.49. The molecule has 1 spiro atoms. The van der Waals surface area contributed by atoms with Gasteiger partial charge < -0.3 is 15.0 Å². The van der Waals surface area contributed by atoms with Crippen molar-refractivity contribution in [2.75, 3.05) is 12.4 Å². The molecule has 46 heavy (non-hydrogen) atoms. The van der Waals surface area contributed by atoms with E-state index in [9.17, 15) is 9.59 Å². The number of benzene rings is 4. The SMILES string of the molecule is CCCCCc1ccc(C(=O)[C@@H]2[C@H](C(=O)c3ccc(OC)c(Br)c3)N3C=Cc4ccccc4[C@@H]3[C@]23C(=O)Nc2ccccc23)cc1. The number of para-hydroxylation sites is 1. The molecular formula is C39H35BrN2O4. The Morgan fingerprint density at radius 1 is 0.913 bits per heavy atom. The summed E-state index contributed by atoms with van der Waals surface area (Å²) in [6.45, 7) is 2.18. The maximum Gasteiger partial charge on any atom is 0.238 e. The van der Waals surface area contributed by atoms with Gasteiger partial charge in [0.1, 0.15) is 17.2 Å². The molecule has 0 unspecified atom stereocenters. The van der Waals surface area contributed by atoms with Crippen molar-refractivity contribution in [3.05, 3.63) is 135 Å². The number of carbonyl (C=O) groups excluding carboxylic acids is 3. The number of aryl methyl sites for hydroxylation is 1. The van der Waals surface area contributed by atoms with E-state index < -0.39 is 23.4 Å². The molecule has 1 amide bonds. The van der Waals surface area contributed by atoms with Gasteiger partial charge in [-0.05, 0) is 81.4 Å². The van der Waals surface area contributed by atoms with E-state index >= 15 is 4.79 Å². The van der Waals surface area contributed by atoms with E-state index in [1.54, 1.807) is 25.3 Å². The fraction of sp³-hybridized carbons (Fsp3) is 0.256. The Kier molecular flexibility index (Phi) is 7.89. The van der Waals surface area contributed by atoms with Crippen molar-refractivity contribution in [1.82, 2.24) is 4.90 Å². The molecular weight excluding hydrogens is 640 g/mol. The van der Waals surface area contributed by atoms with Gasteiger partial charge in [-0.25, -0.2) is 0 Å². The summed E-state index contributed by atoms with van der Waals surface area (Å²) in [5.41, 5.74) is 4.00. The van der Waals surface area contributed by atoms with Crippen LogP contribution in [0.15, 0.2) is 102 Å². The van der Waals surface area contributed by atoms with Gasteiger partial charge in [-0.15, -0.1) is 0 Å². The lowest BCUT2D eigenvalue weighted by molar-refractivity contribution is -0.122. The average Bonchev–Trinajstić information content (AvgIpc) is 3.56. The minimum absolute atomic E-state index is 0.224. The topological polar surface area (TPSA) is 75.7 Å². The van der Waals surface area contributed by atoms with Gasteiger partial charge in [-0.3, -0.25) is 14.4 Å². The van der Waals surface area contributed by atoms with Gasteiger partial charge in [0, 0.05) is 23.0 Å². The number of nitrogens with one attached hydrogen (secondary N) is 1. The predicted octanol–water partition coefficient (Wildman–Crippen LogP) is 8.17. The number of ether oxygens (including phenoxy) is 1. The molecule has 1 N–H and O–H groups in total. The lowest BCUT2D eigenvalue weighted by Gasteiger charge is -2.38. The summed E-state index contributed by atoms with van der Waals surface area (Å²) in [5.74, 6) is -1.15. The summed E-state index contributed by atoms with van der Waals surface area (Å²) in [6, 6.07) is 26.9. The van der Waals surface area contributed by atoms with Crippen molar-refractivity contribution in [1.29, 1.82) is 0 Å². The van der Waals surface area contributed by atoms with Crippen LogP contribution in [0.5, 0.6) is 5.75 Å². The number of nitrogens with zero attached hydrogens (tertiary/aromatic N) is 1. The number of carbonyl (C=O) groups is 3. The minimum Gasteiger partial charge on any atom is -0.496 e. The number of rotatable bonds is 9. The number of unbranched alkanes of at least 4 members (excludes halogenated alkanes) is 2. The zero-order valence-corrected chi connectivity index (χ0v) is 27.4. The lowest BCUT2D eigenvalue weighted by atomic mass is 9.62. The predicted molar refractivity (Wildman–Crippen MR) is 183 cm³/mol. The molecule has 0 aliphatic carbocycles. The van der Waals surface area contributed by atoms with Gasteiger partial charge in [0.2, 0.25) is 5.91 Å². The zero-order chi connectivity index (χ0) is 32.0. The molecule has 0 saturated carbocycles. The Balaban J connectivity index is 1.44. The first kappa shape index (κ1) is 30.2. The first-order valence-corrected chi connectivity index (χ1v) is 16.7. The molecule has 4 atom stereocenters. The van der Waals surface area contributed by atoms with Crippen molar-refractivity contribution in [2.24, 2.45) is 5.92 Å². The second-order valence-electron chi connectivity index (χ2n) is 12.3. The van der Waals surface area contributed by atoms with Gasteiger partial charge in [-0.1, -0.05) is 86.5 Å². The number of methoxy groups -OCH3 is 1. The fourth-order valence-corrected chi connectivity index (χ4v) is 8.29. The molecule has 3 aliphatic rings.